The van der Waals surface area contributed by atoms with Gasteiger partial charge in [-0.1, -0.05) is 24.6 Å². The molecule has 1 saturated heterocycles. The first kappa shape index (κ1) is 13.4. The Labute approximate surface area is 111 Å². The van der Waals surface area contributed by atoms with Gasteiger partial charge in [0.15, 0.2) is 0 Å². The highest BCUT2D eigenvalue weighted by Crippen LogP contribution is 2.32. The molecule has 100 valence electrons. The van der Waals surface area contributed by atoms with Crippen LogP contribution in [0.4, 0.5) is 5.69 Å². The van der Waals surface area contributed by atoms with Crippen molar-refractivity contribution in [3.8, 4) is 0 Å². The topological polar surface area (TPSA) is 29.3 Å². The van der Waals surface area contributed by atoms with Crippen molar-refractivity contribution in [2.45, 2.75) is 52.6 Å². The smallest absolute Gasteiger partial charge is 0.0402 e. The summed E-state index contributed by atoms with van der Waals surface area (Å²) in [6.07, 6.45) is 2.26. The number of benzene rings is 1. The quantitative estimate of drug-likeness (QED) is 0.888. The zero-order valence-corrected chi connectivity index (χ0v) is 12.1. The van der Waals surface area contributed by atoms with E-state index in [1.807, 2.05) is 0 Å². The predicted molar refractivity (Wildman–Crippen MR) is 79.1 cm³/mol. The van der Waals surface area contributed by atoms with Crippen LogP contribution in [0.1, 0.15) is 38.3 Å². The Hall–Kier alpha value is -1.02. The Balaban J connectivity index is 2.31. The van der Waals surface area contributed by atoms with Gasteiger partial charge in [0.05, 0.1) is 0 Å². The molecule has 0 spiro atoms. The van der Waals surface area contributed by atoms with E-state index in [2.05, 4.69) is 50.8 Å². The number of nitrogens with zero attached hydrogens (tertiary/aromatic N) is 1. The molecule has 18 heavy (non-hydrogen) atoms. The first-order valence-corrected chi connectivity index (χ1v) is 7.09. The van der Waals surface area contributed by atoms with E-state index in [0.717, 1.165) is 12.3 Å². The van der Waals surface area contributed by atoms with Gasteiger partial charge in [0.25, 0.3) is 0 Å². The summed E-state index contributed by atoms with van der Waals surface area (Å²) in [5, 5.41) is 0. The first-order valence-electron chi connectivity index (χ1n) is 7.09. The summed E-state index contributed by atoms with van der Waals surface area (Å²) in [7, 11) is 0. The summed E-state index contributed by atoms with van der Waals surface area (Å²) >= 11 is 0. The fraction of sp³-hybridized carbons (Fsp3) is 0.625. The standard InChI is InChI=1S/C16H26N2/c1-11-5-6-16(15(8-11)9-13(3)17)18-10-12(2)7-14(18)4/h5-6,8,12-14H,7,9-10,17H2,1-4H3. The third kappa shape index (κ3) is 2.86. The number of hydrogen-bond donors (Lipinski definition) is 1. The van der Waals surface area contributed by atoms with Crippen LogP contribution in [0.25, 0.3) is 0 Å². The molecule has 0 saturated carbocycles. The fourth-order valence-corrected chi connectivity index (χ4v) is 3.14. The molecule has 3 atom stereocenters. The molecular weight excluding hydrogens is 220 g/mol. The van der Waals surface area contributed by atoms with Gasteiger partial charge in [0.1, 0.15) is 0 Å². The van der Waals surface area contributed by atoms with E-state index in [9.17, 15) is 0 Å². The Morgan fingerprint density at radius 2 is 2.11 bits per heavy atom. The predicted octanol–water partition coefficient (Wildman–Crippen LogP) is 3.12. The van der Waals surface area contributed by atoms with Crippen molar-refractivity contribution in [3.05, 3.63) is 29.3 Å². The molecule has 2 N–H and O–H groups in total. The van der Waals surface area contributed by atoms with Gasteiger partial charge in [-0.25, -0.2) is 0 Å². The molecular formula is C16H26N2. The van der Waals surface area contributed by atoms with Crippen LogP contribution in [-0.4, -0.2) is 18.6 Å². The van der Waals surface area contributed by atoms with Gasteiger partial charge in [0.2, 0.25) is 0 Å². The molecule has 1 aliphatic rings. The van der Waals surface area contributed by atoms with Crippen LogP contribution in [0.15, 0.2) is 18.2 Å². The molecule has 1 aromatic carbocycles. The molecule has 2 heteroatoms. The average Bonchev–Trinajstić information content (AvgIpc) is 2.57. The Bertz CT molecular complexity index is 412. The van der Waals surface area contributed by atoms with E-state index in [0.29, 0.717) is 6.04 Å². The van der Waals surface area contributed by atoms with Crippen molar-refractivity contribution < 1.29 is 0 Å². The lowest BCUT2D eigenvalue weighted by atomic mass is 10.0. The summed E-state index contributed by atoms with van der Waals surface area (Å²) in [4.78, 5) is 2.56. The molecule has 2 nitrogen and oxygen atoms in total. The molecule has 1 fully saturated rings. The van der Waals surface area contributed by atoms with Crippen molar-refractivity contribution >= 4 is 5.69 Å². The van der Waals surface area contributed by atoms with Crippen LogP contribution in [0.5, 0.6) is 0 Å². The fourth-order valence-electron chi connectivity index (χ4n) is 3.14. The highest BCUT2D eigenvalue weighted by Gasteiger charge is 2.27. The molecule has 0 radical (unpaired) electrons. The number of hydrogen-bond acceptors (Lipinski definition) is 2. The lowest BCUT2D eigenvalue weighted by molar-refractivity contribution is 0.625. The van der Waals surface area contributed by atoms with Crippen LogP contribution in [0.2, 0.25) is 0 Å². The van der Waals surface area contributed by atoms with Gasteiger partial charge in [-0.2, -0.15) is 0 Å². The van der Waals surface area contributed by atoms with E-state index < -0.39 is 0 Å². The van der Waals surface area contributed by atoms with Gasteiger partial charge in [-0.3, -0.25) is 0 Å². The molecule has 1 aromatic rings. The number of anilines is 1. The normalized spacial score (nSPS) is 25.5. The van der Waals surface area contributed by atoms with Crippen LogP contribution < -0.4 is 10.6 Å². The highest BCUT2D eigenvalue weighted by molar-refractivity contribution is 5.56. The van der Waals surface area contributed by atoms with Crippen LogP contribution in [-0.2, 0) is 6.42 Å². The summed E-state index contributed by atoms with van der Waals surface area (Å²) in [5.74, 6) is 0.796. The molecule has 0 aliphatic carbocycles. The van der Waals surface area contributed by atoms with E-state index in [1.54, 1.807) is 0 Å². The van der Waals surface area contributed by atoms with Crippen molar-refractivity contribution in [2.75, 3.05) is 11.4 Å². The molecule has 0 aromatic heterocycles. The third-order valence-electron chi connectivity index (χ3n) is 3.87. The zero-order chi connectivity index (χ0) is 13.3. The molecule has 0 bridgehead atoms. The third-order valence-corrected chi connectivity index (χ3v) is 3.87. The second-order valence-electron chi connectivity index (χ2n) is 6.16. The van der Waals surface area contributed by atoms with Crippen LogP contribution >= 0.6 is 0 Å². The van der Waals surface area contributed by atoms with E-state index in [4.69, 9.17) is 5.73 Å². The highest BCUT2D eigenvalue weighted by atomic mass is 15.2. The maximum absolute atomic E-state index is 5.99. The number of nitrogens with two attached hydrogens (primary N) is 1. The Morgan fingerprint density at radius 1 is 1.39 bits per heavy atom. The Kier molecular flexibility index (Phi) is 3.96. The SMILES string of the molecule is Cc1ccc(N2CC(C)CC2C)c(CC(C)N)c1. The van der Waals surface area contributed by atoms with E-state index in [-0.39, 0.29) is 6.04 Å². The number of aryl methyl sites for hydroxylation is 1. The second-order valence-corrected chi connectivity index (χ2v) is 6.16. The molecule has 1 heterocycles. The lowest BCUT2D eigenvalue weighted by Gasteiger charge is -2.27. The first-order chi connectivity index (χ1) is 8.47. The maximum atomic E-state index is 5.99. The molecule has 2 rings (SSSR count). The minimum atomic E-state index is 0.223. The van der Waals surface area contributed by atoms with Crippen LogP contribution in [0, 0.1) is 12.8 Å². The maximum Gasteiger partial charge on any atom is 0.0402 e. The van der Waals surface area contributed by atoms with Crippen molar-refractivity contribution in [3.63, 3.8) is 0 Å². The second kappa shape index (κ2) is 5.31. The summed E-state index contributed by atoms with van der Waals surface area (Å²) in [6.45, 7) is 10.1. The van der Waals surface area contributed by atoms with Crippen molar-refractivity contribution in [2.24, 2.45) is 11.7 Å². The van der Waals surface area contributed by atoms with Crippen LogP contribution in [0.3, 0.4) is 0 Å². The lowest BCUT2D eigenvalue weighted by Crippen LogP contribution is -2.29. The summed E-state index contributed by atoms with van der Waals surface area (Å²) in [6, 6.07) is 7.67. The minimum Gasteiger partial charge on any atom is -0.368 e. The van der Waals surface area contributed by atoms with Gasteiger partial charge < -0.3 is 10.6 Å². The van der Waals surface area contributed by atoms with Gasteiger partial charge in [-0.15, -0.1) is 0 Å². The van der Waals surface area contributed by atoms with Gasteiger partial charge in [0, 0.05) is 24.3 Å². The number of rotatable bonds is 3. The van der Waals surface area contributed by atoms with Gasteiger partial charge >= 0.3 is 0 Å². The van der Waals surface area contributed by atoms with Crippen molar-refractivity contribution in [1.29, 1.82) is 0 Å². The van der Waals surface area contributed by atoms with E-state index in [1.165, 1.54) is 29.8 Å². The molecule has 1 aliphatic heterocycles. The summed E-state index contributed by atoms with van der Waals surface area (Å²) < 4.78 is 0. The minimum absolute atomic E-state index is 0.223. The zero-order valence-electron chi connectivity index (χ0n) is 12.1. The average molecular weight is 246 g/mol. The van der Waals surface area contributed by atoms with Crippen molar-refractivity contribution in [1.82, 2.24) is 0 Å². The Morgan fingerprint density at radius 3 is 2.67 bits per heavy atom. The molecule has 0 amide bonds. The summed E-state index contributed by atoms with van der Waals surface area (Å²) in [5.41, 5.74) is 10.1. The van der Waals surface area contributed by atoms with E-state index >= 15 is 0 Å². The molecule has 3 unspecified atom stereocenters. The monoisotopic (exact) mass is 246 g/mol. The van der Waals surface area contributed by atoms with Gasteiger partial charge in [-0.05, 0) is 51.2 Å². The largest absolute Gasteiger partial charge is 0.368 e.